The van der Waals surface area contributed by atoms with E-state index in [9.17, 15) is 0 Å². The monoisotopic (exact) mass is 125 g/mol. The smallest absolute Gasteiger partial charge is 0.0427 e. The van der Waals surface area contributed by atoms with Gasteiger partial charge >= 0.3 is 0 Å². The predicted octanol–water partition coefficient (Wildman–Crippen LogP) is -2.75. The van der Waals surface area contributed by atoms with Gasteiger partial charge in [0.05, 0.1) is 0 Å². The molecule has 0 bridgehead atoms. The Morgan fingerprint density at radius 3 is 2.45 bits per heavy atom. The van der Waals surface area contributed by atoms with E-state index in [-0.39, 0.29) is 0 Å². The van der Waals surface area contributed by atoms with E-state index in [1.807, 2.05) is 0 Å². The lowest BCUT2D eigenvalue weighted by atomic mass is 8.93. The fourth-order valence-corrected chi connectivity index (χ4v) is 1.48. The Morgan fingerprint density at radius 2 is 1.55 bits per heavy atom. The molecule has 0 saturated carbocycles. The maximum absolute atomic E-state index is 2.24. The average Bonchev–Trinajstić information content (AvgIpc) is 2.28. The first kappa shape index (κ1) is 8.19. The van der Waals surface area contributed by atoms with Gasteiger partial charge in [0.1, 0.15) is 0 Å². The molecule has 2 atom stereocenters. The molecule has 11 heavy (non-hydrogen) atoms. The lowest BCUT2D eigenvalue weighted by Gasteiger charge is -2.39. The zero-order chi connectivity index (χ0) is 7.52. The Kier molecular flexibility index (Phi) is 2.98. The van der Waals surface area contributed by atoms with Crippen molar-refractivity contribution in [3.63, 3.8) is 0 Å². The maximum Gasteiger partial charge on any atom is 0.0427 e. The second-order valence-corrected chi connectivity index (χ2v) is 2.89. The number of hydrogen-bond donors (Lipinski definition) is 0. The minimum atomic E-state index is 0.579. The number of hydrogen-bond acceptors (Lipinski definition) is 0. The van der Waals surface area contributed by atoms with Crippen LogP contribution in [0.4, 0.5) is 0 Å². The Hall–Kier alpha value is 0.584. The third kappa shape index (κ3) is 2.03. The molecule has 2 saturated heterocycles. The van der Waals surface area contributed by atoms with E-state index in [2.05, 4.69) is 64.0 Å². The van der Waals surface area contributed by atoms with E-state index in [0.717, 1.165) is 0 Å². The van der Waals surface area contributed by atoms with Gasteiger partial charge in [-0.2, -0.15) is 5.72 Å². The Morgan fingerprint density at radius 1 is 0.818 bits per heavy atom. The third-order valence-electron chi connectivity index (χ3n) is 2.11. The molecule has 10 radical (unpaired) electrons. The highest BCUT2D eigenvalue weighted by Gasteiger charge is 2.19. The summed E-state index contributed by atoms with van der Waals surface area (Å²) in [4.78, 5) is 0. The molecule has 0 aliphatic carbocycles. The zero-order valence-electron chi connectivity index (χ0n) is 6.35. The molecule has 2 aliphatic heterocycles. The summed E-state index contributed by atoms with van der Waals surface area (Å²) >= 11 is 0. The highest BCUT2D eigenvalue weighted by atomic mass is 13.8. The molecule has 0 N–H and O–H groups in total. The van der Waals surface area contributed by atoms with Crippen LogP contribution in [-0.4, -0.2) is 64.0 Å². The molecular formula is C2H2B9-. The lowest BCUT2D eigenvalue weighted by Crippen LogP contribution is -2.40. The van der Waals surface area contributed by atoms with Crippen LogP contribution in [0, 0.1) is 0 Å². The fraction of sp³-hybridized carbons (Fsp3) is 1.00. The maximum atomic E-state index is 2.24. The molecule has 38 valence electrons. The first-order valence-corrected chi connectivity index (χ1v) is 4.00. The van der Waals surface area contributed by atoms with Crippen molar-refractivity contribution in [3.8, 4) is 0 Å². The van der Waals surface area contributed by atoms with Crippen molar-refractivity contribution < 1.29 is 0 Å². The molecule has 0 aromatic heterocycles. The zero-order valence-corrected chi connectivity index (χ0v) is 6.35. The highest BCUT2D eigenvalue weighted by Crippen LogP contribution is 2.22. The minimum absolute atomic E-state index is 0.579. The van der Waals surface area contributed by atoms with E-state index >= 15 is 0 Å². The van der Waals surface area contributed by atoms with Gasteiger partial charge in [-0.3, -0.25) is 5.72 Å². The van der Waals surface area contributed by atoms with Crippen molar-refractivity contribution in [1.29, 1.82) is 0 Å². The van der Waals surface area contributed by atoms with Gasteiger partial charge in [-0.25, -0.2) is 7.06 Å². The van der Waals surface area contributed by atoms with Crippen LogP contribution in [-0.2, 0) is 0 Å². The normalized spacial score (nSPS) is 33.5. The average molecular weight is 123 g/mol. The van der Waals surface area contributed by atoms with Gasteiger partial charge in [-0.05, 0) is 7.06 Å². The lowest BCUT2D eigenvalue weighted by molar-refractivity contribution is 1.23. The molecule has 9 heteroatoms. The quantitative estimate of drug-likeness (QED) is 0.306. The standard InChI is InChI=1S/C2H2B9/c3-1-2(4-8-7-3)6-10-11-9-5-1/h1-2H/q-1. The second kappa shape index (κ2) is 4.00. The van der Waals surface area contributed by atoms with Crippen LogP contribution >= 0.6 is 0 Å². The molecule has 0 amide bonds. The highest BCUT2D eigenvalue weighted by molar-refractivity contribution is 7.58. The molecule has 0 nitrogen and oxygen atoms in total. The van der Waals surface area contributed by atoms with Crippen LogP contribution in [0.5, 0.6) is 0 Å². The minimum Gasteiger partial charge on any atom is -0.400 e. The van der Waals surface area contributed by atoms with Crippen LogP contribution < -0.4 is 0 Å². The molecule has 2 heterocycles. The van der Waals surface area contributed by atoms with Crippen LogP contribution in [0.25, 0.3) is 0 Å². The van der Waals surface area contributed by atoms with Crippen molar-refractivity contribution in [2.24, 2.45) is 0 Å². The van der Waals surface area contributed by atoms with Crippen molar-refractivity contribution in [2.45, 2.75) is 11.4 Å². The summed E-state index contributed by atoms with van der Waals surface area (Å²) in [5, 5.41) is 0. The first-order valence-electron chi connectivity index (χ1n) is 4.00. The van der Waals surface area contributed by atoms with Crippen LogP contribution in [0.3, 0.4) is 0 Å². The Balaban J connectivity index is 1.93. The van der Waals surface area contributed by atoms with Crippen molar-refractivity contribution in [1.82, 2.24) is 0 Å². The molecule has 0 aromatic carbocycles. The molecule has 2 aliphatic rings. The molecule has 0 aromatic rings. The number of rotatable bonds is 0. The fourth-order valence-electron chi connectivity index (χ4n) is 1.48. The van der Waals surface area contributed by atoms with Crippen LogP contribution in [0.15, 0.2) is 0 Å². The summed E-state index contributed by atoms with van der Waals surface area (Å²) in [5.41, 5.74) is 1.16. The van der Waals surface area contributed by atoms with E-state index < -0.39 is 0 Å². The number of fused-ring (bicyclic) bond motifs is 1. The van der Waals surface area contributed by atoms with Gasteiger partial charge < -0.3 is 7.17 Å². The summed E-state index contributed by atoms with van der Waals surface area (Å²) in [6.07, 6.45) is 0. The molecule has 0 spiro atoms. The van der Waals surface area contributed by atoms with Gasteiger partial charge in [-0.1, -0.05) is 0 Å². The summed E-state index contributed by atoms with van der Waals surface area (Å²) in [7, 11) is 19.5. The van der Waals surface area contributed by atoms with Crippen molar-refractivity contribution >= 4 is 64.0 Å². The molecule has 2 fully saturated rings. The van der Waals surface area contributed by atoms with Gasteiger partial charge in [0, 0.05) is 42.7 Å². The van der Waals surface area contributed by atoms with Crippen LogP contribution in [0.1, 0.15) is 0 Å². The largest absolute Gasteiger partial charge is 0.400 e. The predicted molar refractivity (Wildman–Crippen MR) is 59.3 cm³/mol. The van der Waals surface area contributed by atoms with Gasteiger partial charge in [-0.15, -0.1) is 0 Å². The SMILES string of the molecule is [B]1[B][B]C2[B][B][B][B]C2[B-][B]1. The van der Waals surface area contributed by atoms with E-state index in [1.165, 1.54) is 0 Å². The second-order valence-electron chi connectivity index (χ2n) is 2.89. The molecule has 2 rings (SSSR count). The van der Waals surface area contributed by atoms with Gasteiger partial charge in [0.25, 0.3) is 0 Å². The summed E-state index contributed by atoms with van der Waals surface area (Å²) in [5.74, 6) is 0. The van der Waals surface area contributed by atoms with Crippen molar-refractivity contribution in [2.75, 3.05) is 0 Å². The Bertz CT molecular complexity index is 111. The molecule has 2 unspecified atom stereocenters. The van der Waals surface area contributed by atoms with Gasteiger partial charge in [0.15, 0.2) is 0 Å². The van der Waals surface area contributed by atoms with E-state index in [4.69, 9.17) is 0 Å². The molecular weight excluding hydrogens is 121 g/mol. The first-order chi connectivity index (χ1) is 5.47. The summed E-state index contributed by atoms with van der Waals surface area (Å²) < 4.78 is 0. The summed E-state index contributed by atoms with van der Waals surface area (Å²) in [6, 6.07) is 0. The van der Waals surface area contributed by atoms with Crippen molar-refractivity contribution in [3.05, 3.63) is 0 Å². The van der Waals surface area contributed by atoms with Crippen LogP contribution in [0.2, 0.25) is 11.4 Å². The van der Waals surface area contributed by atoms with Gasteiger partial charge in [0.2, 0.25) is 0 Å². The van der Waals surface area contributed by atoms with E-state index in [0.29, 0.717) is 11.4 Å². The third-order valence-corrected chi connectivity index (χ3v) is 2.11. The topological polar surface area (TPSA) is 0 Å². The van der Waals surface area contributed by atoms with E-state index in [1.54, 1.807) is 0 Å². The summed E-state index contributed by atoms with van der Waals surface area (Å²) in [6.45, 7) is 0. The Labute approximate surface area is 75.9 Å².